The highest BCUT2D eigenvalue weighted by Gasteiger charge is 2.31. The zero-order valence-corrected chi connectivity index (χ0v) is 11.3. The number of hydrogen-bond acceptors (Lipinski definition) is 2. The average molecular weight is 288 g/mol. The second kappa shape index (κ2) is 5.91. The molecule has 3 nitrogen and oxygen atoms in total. The fraction of sp³-hybridized carbons (Fsp3) is 0.462. The van der Waals surface area contributed by atoms with Gasteiger partial charge < -0.3 is 10.4 Å². The van der Waals surface area contributed by atoms with E-state index >= 15 is 0 Å². The molecule has 1 aromatic rings. The Bertz CT molecular complexity index is 447. The Morgan fingerprint density at radius 3 is 2.67 bits per heavy atom. The van der Waals surface area contributed by atoms with Crippen LogP contribution < -0.4 is 5.32 Å². The van der Waals surface area contributed by atoms with E-state index in [2.05, 4.69) is 5.32 Å². The zero-order chi connectivity index (χ0) is 13.1. The molecule has 1 saturated carbocycles. The Morgan fingerprint density at radius 1 is 1.39 bits per heavy atom. The maximum atomic E-state index is 12.0. The van der Waals surface area contributed by atoms with Crippen LogP contribution in [0.15, 0.2) is 18.2 Å². The summed E-state index contributed by atoms with van der Waals surface area (Å²) in [4.78, 5) is 12.0. The van der Waals surface area contributed by atoms with Crippen molar-refractivity contribution in [3.63, 3.8) is 0 Å². The molecule has 1 unspecified atom stereocenters. The minimum Gasteiger partial charge on any atom is -0.396 e. The summed E-state index contributed by atoms with van der Waals surface area (Å²) in [6, 6.07) is 4.86. The molecular weight excluding hydrogens is 273 g/mol. The second-order valence-corrected chi connectivity index (χ2v) is 5.37. The fourth-order valence-corrected chi connectivity index (χ4v) is 2.25. The molecule has 1 amide bonds. The van der Waals surface area contributed by atoms with Gasteiger partial charge in [0.1, 0.15) is 0 Å². The lowest BCUT2D eigenvalue weighted by Crippen LogP contribution is -2.37. The van der Waals surface area contributed by atoms with Crippen molar-refractivity contribution in [2.75, 3.05) is 6.61 Å². The van der Waals surface area contributed by atoms with Gasteiger partial charge in [0.2, 0.25) is 0 Å². The van der Waals surface area contributed by atoms with Gasteiger partial charge in [-0.1, -0.05) is 23.2 Å². The first kappa shape index (κ1) is 13.7. The molecule has 0 radical (unpaired) electrons. The number of halogens is 2. The molecule has 5 heteroatoms. The van der Waals surface area contributed by atoms with Gasteiger partial charge in [-0.15, -0.1) is 0 Å². The molecule has 0 aromatic heterocycles. The number of carbonyl (C=O) groups excluding carboxylic acids is 1. The first-order valence-electron chi connectivity index (χ1n) is 5.98. The molecular formula is C13H15Cl2NO2. The van der Waals surface area contributed by atoms with Gasteiger partial charge in [-0.3, -0.25) is 4.79 Å². The molecule has 0 bridgehead atoms. The summed E-state index contributed by atoms with van der Waals surface area (Å²) in [6.45, 7) is 0.0861. The first-order valence-corrected chi connectivity index (χ1v) is 6.74. The predicted octanol–water partition coefficient (Wildman–Crippen LogP) is 2.88. The Balaban J connectivity index is 2.03. The minimum atomic E-state index is -0.168. The van der Waals surface area contributed by atoms with Gasteiger partial charge in [0.25, 0.3) is 5.91 Å². The Labute approximate surface area is 116 Å². The fourth-order valence-electron chi connectivity index (χ4n) is 1.95. The van der Waals surface area contributed by atoms with Crippen LogP contribution >= 0.6 is 23.2 Å². The number of aliphatic hydroxyl groups is 1. The molecule has 1 atom stereocenters. The second-order valence-electron chi connectivity index (χ2n) is 4.56. The summed E-state index contributed by atoms with van der Waals surface area (Å²) in [5.41, 5.74) is 0.494. The number of aliphatic hydroxyl groups excluding tert-OH is 1. The van der Waals surface area contributed by atoms with Crippen LogP contribution in [0.3, 0.4) is 0 Å². The predicted molar refractivity (Wildman–Crippen MR) is 72.1 cm³/mol. The molecule has 98 valence electrons. The van der Waals surface area contributed by atoms with Crippen LogP contribution in [0.1, 0.15) is 29.6 Å². The monoisotopic (exact) mass is 287 g/mol. The molecule has 1 aromatic carbocycles. The minimum absolute atomic E-state index is 0.0527. The van der Waals surface area contributed by atoms with E-state index in [4.69, 9.17) is 28.3 Å². The van der Waals surface area contributed by atoms with Crippen LogP contribution in [-0.2, 0) is 0 Å². The maximum absolute atomic E-state index is 12.0. The highest BCUT2D eigenvalue weighted by atomic mass is 35.5. The van der Waals surface area contributed by atoms with Crippen molar-refractivity contribution in [1.29, 1.82) is 0 Å². The highest BCUT2D eigenvalue weighted by molar-refractivity contribution is 6.42. The van der Waals surface area contributed by atoms with E-state index in [9.17, 15) is 4.79 Å². The van der Waals surface area contributed by atoms with Crippen LogP contribution in [-0.4, -0.2) is 23.7 Å². The molecule has 1 aliphatic carbocycles. The van der Waals surface area contributed by atoms with E-state index in [-0.39, 0.29) is 18.6 Å². The zero-order valence-electron chi connectivity index (χ0n) is 9.83. The summed E-state index contributed by atoms with van der Waals surface area (Å²) in [5, 5.41) is 12.7. The first-order chi connectivity index (χ1) is 8.61. The molecule has 2 N–H and O–H groups in total. The molecule has 1 fully saturated rings. The Morgan fingerprint density at radius 2 is 2.11 bits per heavy atom. The van der Waals surface area contributed by atoms with Crippen LogP contribution in [0.5, 0.6) is 0 Å². The third-order valence-corrected chi connectivity index (χ3v) is 3.87. The molecule has 2 rings (SSSR count). The van der Waals surface area contributed by atoms with Crippen LogP contribution in [0.25, 0.3) is 0 Å². The SMILES string of the molecule is O=C(NC(CCO)C1CC1)c1ccc(Cl)c(Cl)c1. The number of hydrogen-bond donors (Lipinski definition) is 2. The summed E-state index contributed by atoms with van der Waals surface area (Å²) < 4.78 is 0. The van der Waals surface area contributed by atoms with E-state index in [0.29, 0.717) is 27.9 Å². The van der Waals surface area contributed by atoms with E-state index < -0.39 is 0 Å². The normalized spacial score (nSPS) is 16.4. The number of rotatable bonds is 5. The maximum Gasteiger partial charge on any atom is 0.251 e. The van der Waals surface area contributed by atoms with Crippen molar-refractivity contribution >= 4 is 29.1 Å². The van der Waals surface area contributed by atoms with Gasteiger partial charge >= 0.3 is 0 Å². The quantitative estimate of drug-likeness (QED) is 0.875. The van der Waals surface area contributed by atoms with Gasteiger partial charge in [0.05, 0.1) is 10.0 Å². The van der Waals surface area contributed by atoms with E-state index in [0.717, 1.165) is 12.8 Å². The lowest BCUT2D eigenvalue weighted by atomic mass is 10.1. The lowest BCUT2D eigenvalue weighted by Gasteiger charge is -2.17. The lowest BCUT2D eigenvalue weighted by molar-refractivity contribution is 0.0924. The summed E-state index contributed by atoms with van der Waals surface area (Å²) in [7, 11) is 0. The van der Waals surface area contributed by atoms with Crippen molar-refractivity contribution in [3.05, 3.63) is 33.8 Å². The van der Waals surface area contributed by atoms with Crippen LogP contribution in [0.2, 0.25) is 10.0 Å². The molecule has 0 aliphatic heterocycles. The topological polar surface area (TPSA) is 49.3 Å². The molecule has 0 spiro atoms. The molecule has 0 heterocycles. The average Bonchev–Trinajstić information content (AvgIpc) is 3.16. The Hall–Kier alpha value is -0.770. The number of benzene rings is 1. The van der Waals surface area contributed by atoms with E-state index in [1.165, 1.54) is 0 Å². The number of nitrogens with one attached hydrogen (secondary N) is 1. The van der Waals surface area contributed by atoms with Gasteiger partial charge in [0, 0.05) is 18.2 Å². The van der Waals surface area contributed by atoms with Crippen molar-refractivity contribution in [2.45, 2.75) is 25.3 Å². The van der Waals surface area contributed by atoms with Crippen LogP contribution in [0, 0.1) is 5.92 Å². The van der Waals surface area contributed by atoms with E-state index in [1.807, 2.05) is 0 Å². The van der Waals surface area contributed by atoms with Gasteiger partial charge in [-0.05, 0) is 43.4 Å². The van der Waals surface area contributed by atoms with E-state index in [1.54, 1.807) is 18.2 Å². The highest BCUT2D eigenvalue weighted by Crippen LogP contribution is 2.34. The summed E-state index contributed by atoms with van der Waals surface area (Å²) in [5.74, 6) is 0.336. The number of carbonyl (C=O) groups is 1. The number of amides is 1. The van der Waals surface area contributed by atoms with Crippen molar-refractivity contribution in [1.82, 2.24) is 5.32 Å². The molecule has 1 aliphatic rings. The molecule has 18 heavy (non-hydrogen) atoms. The summed E-state index contributed by atoms with van der Waals surface area (Å²) >= 11 is 11.7. The third-order valence-electron chi connectivity index (χ3n) is 3.13. The van der Waals surface area contributed by atoms with Crippen molar-refractivity contribution in [3.8, 4) is 0 Å². The Kier molecular flexibility index (Phi) is 4.49. The van der Waals surface area contributed by atoms with Crippen LogP contribution in [0.4, 0.5) is 0 Å². The standard InChI is InChI=1S/C13H15Cl2NO2/c14-10-4-3-9(7-11(10)15)13(18)16-12(5-6-17)8-1-2-8/h3-4,7-8,12,17H,1-2,5-6H2,(H,16,18). The molecule has 0 saturated heterocycles. The smallest absolute Gasteiger partial charge is 0.251 e. The van der Waals surface area contributed by atoms with Crippen molar-refractivity contribution in [2.24, 2.45) is 5.92 Å². The van der Waals surface area contributed by atoms with Gasteiger partial charge in [0.15, 0.2) is 0 Å². The van der Waals surface area contributed by atoms with Gasteiger partial charge in [-0.25, -0.2) is 0 Å². The largest absolute Gasteiger partial charge is 0.396 e. The van der Waals surface area contributed by atoms with Gasteiger partial charge in [-0.2, -0.15) is 0 Å². The summed E-state index contributed by atoms with van der Waals surface area (Å²) in [6.07, 6.45) is 2.83. The third kappa shape index (κ3) is 3.37. The van der Waals surface area contributed by atoms with Crippen molar-refractivity contribution < 1.29 is 9.90 Å².